The lowest BCUT2D eigenvalue weighted by Crippen LogP contribution is -2.38. The van der Waals surface area contributed by atoms with E-state index in [1.807, 2.05) is 30.3 Å². The molecule has 102 valence electrons. The van der Waals surface area contributed by atoms with Crippen LogP contribution in [0.2, 0.25) is 0 Å². The maximum absolute atomic E-state index is 12.1. The van der Waals surface area contributed by atoms with Crippen molar-refractivity contribution in [2.24, 2.45) is 0 Å². The minimum Gasteiger partial charge on any atom is -0.467 e. The fraction of sp³-hybridized carbons (Fsp3) is 0.429. The first-order valence-corrected chi connectivity index (χ1v) is 7.32. The second-order valence-electron chi connectivity index (χ2n) is 4.38. The summed E-state index contributed by atoms with van der Waals surface area (Å²) in [5.74, 6) is 0.482. The molecule has 2 atom stereocenters. The van der Waals surface area contributed by atoms with E-state index in [0.29, 0.717) is 0 Å². The Morgan fingerprint density at radius 2 is 2.11 bits per heavy atom. The van der Waals surface area contributed by atoms with Gasteiger partial charge in [0.05, 0.1) is 12.4 Å². The molecule has 1 aromatic carbocycles. The first kappa shape index (κ1) is 13.9. The third-order valence-corrected chi connectivity index (χ3v) is 4.46. The van der Waals surface area contributed by atoms with Crippen molar-refractivity contribution >= 4 is 23.6 Å². The van der Waals surface area contributed by atoms with Gasteiger partial charge in [-0.1, -0.05) is 30.3 Å². The normalized spacial score (nSPS) is 19.7. The molecule has 0 aromatic heterocycles. The number of methoxy groups -OCH3 is 1. The minimum atomic E-state index is -0.722. The van der Waals surface area contributed by atoms with Gasteiger partial charge in [0, 0.05) is 0 Å². The van der Waals surface area contributed by atoms with Crippen LogP contribution in [-0.4, -0.2) is 30.0 Å². The number of carbonyl (C=O) groups is 2. The van der Waals surface area contributed by atoms with Gasteiger partial charge in [-0.15, -0.1) is 11.8 Å². The van der Waals surface area contributed by atoms with Crippen LogP contribution in [0.1, 0.15) is 24.4 Å². The maximum atomic E-state index is 12.1. The standard InChI is InChI=1S/C14H17NO3S/c1-18-14(17)12(10-6-3-2-4-7-10)15-13(16)11-8-5-9-19-11/h2-4,6-7,11-12H,5,8-9H2,1H3,(H,15,16). The van der Waals surface area contributed by atoms with Crippen LogP contribution in [-0.2, 0) is 14.3 Å². The van der Waals surface area contributed by atoms with Crippen LogP contribution < -0.4 is 5.32 Å². The zero-order valence-electron chi connectivity index (χ0n) is 10.8. The van der Waals surface area contributed by atoms with Crippen LogP contribution in [0.3, 0.4) is 0 Å². The summed E-state index contributed by atoms with van der Waals surface area (Å²) in [6.45, 7) is 0. The van der Waals surface area contributed by atoms with E-state index in [4.69, 9.17) is 4.74 Å². The van der Waals surface area contributed by atoms with E-state index in [0.717, 1.165) is 24.2 Å². The molecule has 1 aliphatic heterocycles. The zero-order chi connectivity index (χ0) is 13.7. The molecule has 1 heterocycles. The summed E-state index contributed by atoms with van der Waals surface area (Å²) in [7, 11) is 1.33. The van der Waals surface area contributed by atoms with Gasteiger partial charge in [-0.25, -0.2) is 4.79 Å². The predicted octanol–water partition coefficient (Wildman–Crippen LogP) is 1.91. The predicted molar refractivity (Wildman–Crippen MR) is 74.8 cm³/mol. The number of rotatable bonds is 4. The van der Waals surface area contributed by atoms with Crippen molar-refractivity contribution in [3.8, 4) is 0 Å². The van der Waals surface area contributed by atoms with Crippen LogP contribution in [0, 0.1) is 0 Å². The number of amides is 1. The summed E-state index contributed by atoms with van der Waals surface area (Å²) in [5.41, 5.74) is 0.741. The quantitative estimate of drug-likeness (QED) is 0.855. The molecular formula is C14H17NO3S. The van der Waals surface area contributed by atoms with E-state index in [-0.39, 0.29) is 11.2 Å². The van der Waals surface area contributed by atoms with Crippen LogP contribution >= 0.6 is 11.8 Å². The number of ether oxygens (including phenoxy) is 1. The monoisotopic (exact) mass is 279 g/mol. The van der Waals surface area contributed by atoms with Gasteiger partial charge in [-0.2, -0.15) is 0 Å². The molecule has 2 unspecified atom stereocenters. The number of benzene rings is 1. The Balaban J connectivity index is 2.10. The number of carbonyl (C=O) groups excluding carboxylic acids is 2. The third-order valence-electron chi connectivity index (χ3n) is 3.08. The Hall–Kier alpha value is -1.49. The van der Waals surface area contributed by atoms with Crippen molar-refractivity contribution in [3.63, 3.8) is 0 Å². The lowest BCUT2D eigenvalue weighted by Gasteiger charge is -2.18. The van der Waals surface area contributed by atoms with Crippen LogP contribution in [0.25, 0.3) is 0 Å². The lowest BCUT2D eigenvalue weighted by atomic mass is 10.1. The maximum Gasteiger partial charge on any atom is 0.333 e. The Kier molecular flexibility index (Phi) is 4.85. The van der Waals surface area contributed by atoms with Crippen molar-refractivity contribution in [2.75, 3.05) is 12.9 Å². The number of nitrogens with one attached hydrogen (secondary N) is 1. The number of hydrogen-bond donors (Lipinski definition) is 1. The van der Waals surface area contributed by atoms with Crippen molar-refractivity contribution < 1.29 is 14.3 Å². The Morgan fingerprint density at radius 1 is 1.37 bits per heavy atom. The molecule has 1 aromatic rings. The molecule has 0 saturated carbocycles. The fourth-order valence-electron chi connectivity index (χ4n) is 2.06. The van der Waals surface area contributed by atoms with Crippen LogP contribution in [0.5, 0.6) is 0 Å². The number of thioether (sulfide) groups is 1. The van der Waals surface area contributed by atoms with Gasteiger partial charge >= 0.3 is 5.97 Å². The van der Waals surface area contributed by atoms with Crippen LogP contribution in [0.4, 0.5) is 0 Å². The first-order valence-electron chi connectivity index (χ1n) is 6.27. The molecule has 4 nitrogen and oxygen atoms in total. The molecule has 5 heteroatoms. The van der Waals surface area contributed by atoms with Crippen LogP contribution in [0.15, 0.2) is 30.3 Å². The van der Waals surface area contributed by atoms with Gasteiger partial charge in [0.25, 0.3) is 0 Å². The van der Waals surface area contributed by atoms with Crippen molar-refractivity contribution in [2.45, 2.75) is 24.1 Å². The van der Waals surface area contributed by atoms with E-state index in [9.17, 15) is 9.59 Å². The van der Waals surface area contributed by atoms with Gasteiger partial charge in [0.15, 0.2) is 6.04 Å². The molecule has 0 bridgehead atoms. The summed E-state index contributed by atoms with van der Waals surface area (Å²) in [5, 5.41) is 2.75. The third kappa shape index (κ3) is 3.50. The van der Waals surface area contributed by atoms with Crippen molar-refractivity contribution in [3.05, 3.63) is 35.9 Å². The summed E-state index contributed by atoms with van der Waals surface area (Å²) in [6.07, 6.45) is 1.93. The molecule has 2 rings (SSSR count). The highest BCUT2D eigenvalue weighted by atomic mass is 32.2. The first-order chi connectivity index (χ1) is 9.22. The summed E-state index contributed by atoms with van der Waals surface area (Å²) in [4.78, 5) is 23.9. The molecule has 1 amide bonds. The topological polar surface area (TPSA) is 55.4 Å². The Bertz CT molecular complexity index is 443. The lowest BCUT2D eigenvalue weighted by molar-refractivity contribution is -0.145. The Morgan fingerprint density at radius 3 is 2.68 bits per heavy atom. The van der Waals surface area contributed by atoms with E-state index >= 15 is 0 Å². The molecule has 19 heavy (non-hydrogen) atoms. The molecule has 1 fully saturated rings. The van der Waals surface area contributed by atoms with E-state index in [2.05, 4.69) is 5.32 Å². The second-order valence-corrected chi connectivity index (χ2v) is 5.69. The summed E-state index contributed by atoms with van der Waals surface area (Å²) in [6, 6.07) is 8.43. The number of hydrogen-bond acceptors (Lipinski definition) is 4. The van der Waals surface area contributed by atoms with Gasteiger partial charge in [-0.05, 0) is 24.2 Å². The average Bonchev–Trinajstić information content (AvgIpc) is 2.99. The van der Waals surface area contributed by atoms with Gasteiger partial charge in [0.1, 0.15) is 0 Å². The summed E-state index contributed by atoms with van der Waals surface area (Å²) < 4.78 is 4.77. The van der Waals surface area contributed by atoms with E-state index in [1.54, 1.807) is 11.8 Å². The molecule has 1 N–H and O–H groups in total. The highest BCUT2D eigenvalue weighted by Gasteiger charge is 2.29. The van der Waals surface area contributed by atoms with Gasteiger partial charge in [-0.3, -0.25) is 4.79 Å². The molecule has 0 radical (unpaired) electrons. The largest absolute Gasteiger partial charge is 0.467 e. The zero-order valence-corrected chi connectivity index (χ0v) is 11.6. The molecule has 0 aliphatic carbocycles. The average molecular weight is 279 g/mol. The highest BCUT2D eigenvalue weighted by Crippen LogP contribution is 2.27. The molecule has 1 aliphatic rings. The van der Waals surface area contributed by atoms with Gasteiger partial charge < -0.3 is 10.1 Å². The number of esters is 1. The van der Waals surface area contributed by atoms with Gasteiger partial charge in [0.2, 0.25) is 5.91 Å². The SMILES string of the molecule is COC(=O)C(NC(=O)C1CCCS1)c1ccccc1. The van der Waals surface area contributed by atoms with E-state index < -0.39 is 12.0 Å². The molecular weight excluding hydrogens is 262 g/mol. The summed E-state index contributed by atoms with van der Waals surface area (Å²) >= 11 is 1.64. The molecule has 0 spiro atoms. The Labute approximate surface area is 116 Å². The van der Waals surface area contributed by atoms with Crippen molar-refractivity contribution in [1.82, 2.24) is 5.32 Å². The smallest absolute Gasteiger partial charge is 0.333 e. The minimum absolute atomic E-state index is 0.0455. The second kappa shape index (κ2) is 6.61. The molecule has 1 saturated heterocycles. The fourth-order valence-corrected chi connectivity index (χ4v) is 3.23. The van der Waals surface area contributed by atoms with E-state index in [1.165, 1.54) is 7.11 Å². The highest BCUT2D eigenvalue weighted by molar-refractivity contribution is 8.00. The van der Waals surface area contributed by atoms with Crippen molar-refractivity contribution in [1.29, 1.82) is 0 Å².